The number of rotatable bonds is 7. The first-order chi connectivity index (χ1) is 8.42. The number of carboxylic acids is 1. The Morgan fingerprint density at radius 2 is 2.11 bits per heavy atom. The zero-order valence-electron chi connectivity index (χ0n) is 10.7. The summed E-state index contributed by atoms with van der Waals surface area (Å²) in [5.41, 5.74) is -0.0867. The first kappa shape index (κ1) is 14.7. The third-order valence-electron chi connectivity index (χ3n) is 2.71. The number of hydrogen-bond acceptors (Lipinski definition) is 3. The predicted octanol–water partition coefficient (Wildman–Crippen LogP) is 2.40. The molecule has 1 rings (SSSR count). The van der Waals surface area contributed by atoms with Gasteiger partial charge >= 0.3 is 5.97 Å². The molecule has 1 aromatic heterocycles. The highest BCUT2D eigenvalue weighted by Crippen LogP contribution is 2.26. The first-order valence-electron chi connectivity index (χ1n) is 5.94. The van der Waals surface area contributed by atoms with Crippen molar-refractivity contribution in [2.75, 3.05) is 6.54 Å². The molecular formula is C13H19NO3S. The summed E-state index contributed by atoms with van der Waals surface area (Å²) in [5.74, 6) is -0.942. The molecule has 1 heterocycles. The normalized spacial score (nSPS) is 11.2. The van der Waals surface area contributed by atoms with Gasteiger partial charge in [-0.05, 0) is 17.9 Å². The molecule has 0 bridgehead atoms. The molecule has 1 amide bonds. The van der Waals surface area contributed by atoms with Gasteiger partial charge in [-0.1, -0.05) is 19.9 Å². The fourth-order valence-electron chi connectivity index (χ4n) is 1.56. The Balaban J connectivity index is 2.32. The number of thiophene rings is 1. The molecular weight excluding hydrogens is 250 g/mol. The van der Waals surface area contributed by atoms with E-state index in [2.05, 4.69) is 25.2 Å². The summed E-state index contributed by atoms with van der Waals surface area (Å²) in [6.07, 6.45) is 0.704. The molecule has 5 heteroatoms. The number of nitrogens with one attached hydrogen (secondary N) is 1. The zero-order valence-corrected chi connectivity index (χ0v) is 11.5. The molecule has 0 spiro atoms. The Kier molecular flexibility index (Phi) is 5.34. The van der Waals surface area contributed by atoms with Crippen molar-refractivity contribution in [1.29, 1.82) is 0 Å². The van der Waals surface area contributed by atoms with E-state index in [0.717, 1.165) is 0 Å². The molecule has 0 radical (unpaired) electrons. The second-order valence-electron chi connectivity index (χ2n) is 4.89. The van der Waals surface area contributed by atoms with Crippen molar-refractivity contribution in [3.63, 3.8) is 0 Å². The predicted molar refractivity (Wildman–Crippen MR) is 71.8 cm³/mol. The Morgan fingerprint density at radius 3 is 2.67 bits per heavy atom. The number of aliphatic carboxylic acids is 1. The van der Waals surface area contributed by atoms with E-state index in [1.165, 1.54) is 4.88 Å². The quantitative estimate of drug-likeness (QED) is 0.798. The fraction of sp³-hybridized carbons (Fsp3) is 0.538. The van der Waals surface area contributed by atoms with Crippen molar-refractivity contribution >= 4 is 23.2 Å². The summed E-state index contributed by atoms with van der Waals surface area (Å²) in [5, 5.41) is 13.4. The molecule has 0 aliphatic heterocycles. The minimum absolute atomic E-state index is 0.0434. The van der Waals surface area contributed by atoms with Crippen molar-refractivity contribution in [1.82, 2.24) is 5.32 Å². The van der Waals surface area contributed by atoms with Gasteiger partial charge in [-0.25, -0.2) is 0 Å². The van der Waals surface area contributed by atoms with Gasteiger partial charge in [0.15, 0.2) is 0 Å². The van der Waals surface area contributed by atoms with Crippen LogP contribution in [-0.4, -0.2) is 23.5 Å². The van der Waals surface area contributed by atoms with Gasteiger partial charge in [0.25, 0.3) is 0 Å². The second-order valence-corrected chi connectivity index (χ2v) is 5.83. The van der Waals surface area contributed by atoms with E-state index in [1.807, 2.05) is 11.4 Å². The molecule has 2 N–H and O–H groups in total. The van der Waals surface area contributed by atoms with Crippen LogP contribution < -0.4 is 5.32 Å². The van der Waals surface area contributed by atoms with Crippen LogP contribution in [0.5, 0.6) is 0 Å². The number of carboxylic acid groups (broad SMARTS) is 1. The van der Waals surface area contributed by atoms with Crippen LogP contribution in [0, 0.1) is 0 Å². The van der Waals surface area contributed by atoms with E-state index in [9.17, 15) is 9.59 Å². The van der Waals surface area contributed by atoms with Crippen LogP contribution in [0.15, 0.2) is 17.5 Å². The van der Waals surface area contributed by atoms with Crippen LogP contribution in [0.25, 0.3) is 0 Å². The van der Waals surface area contributed by atoms with Gasteiger partial charge in [0.1, 0.15) is 0 Å². The summed E-state index contributed by atoms with van der Waals surface area (Å²) in [6, 6.07) is 4.05. The van der Waals surface area contributed by atoms with E-state index in [-0.39, 0.29) is 24.2 Å². The van der Waals surface area contributed by atoms with Crippen LogP contribution >= 0.6 is 11.3 Å². The zero-order chi connectivity index (χ0) is 13.6. The van der Waals surface area contributed by atoms with Crippen molar-refractivity contribution in [2.24, 2.45) is 0 Å². The van der Waals surface area contributed by atoms with Crippen molar-refractivity contribution in [3.8, 4) is 0 Å². The molecule has 18 heavy (non-hydrogen) atoms. The molecule has 0 fully saturated rings. The fourth-order valence-corrected chi connectivity index (χ4v) is 2.41. The van der Waals surface area contributed by atoms with Crippen LogP contribution in [0.2, 0.25) is 0 Å². The maximum atomic E-state index is 11.5. The van der Waals surface area contributed by atoms with Crippen molar-refractivity contribution in [2.45, 2.75) is 38.5 Å². The summed E-state index contributed by atoms with van der Waals surface area (Å²) in [4.78, 5) is 23.1. The van der Waals surface area contributed by atoms with E-state index in [1.54, 1.807) is 11.3 Å². The van der Waals surface area contributed by atoms with Crippen LogP contribution in [-0.2, 0) is 15.0 Å². The molecule has 1 aromatic rings. The average Bonchev–Trinajstić information content (AvgIpc) is 2.80. The molecule has 0 unspecified atom stereocenters. The topological polar surface area (TPSA) is 66.4 Å². The first-order valence-corrected chi connectivity index (χ1v) is 6.82. The maximum Gasteiger partial charge on any atom is 0.303 e. The SMILES string of the molecule is CC(C)(CNC(=O)CCCC(=O)O)c1cccs1. The molecule has 0 aromatic carbocycles. The Hall–Kier alpha value is -1.36. The van der Waals surface area contributed by atoms with Gasteiger partial charge in [0, 0.05) is 29.7 Å². The summed E-state index contributed by atoms with van der Waals surface area (Å²) < 4.78 is 0. The van der Waals surface area contributed by atoms with Gasteiger partial charge in [0.2, 0.25) is 5.91 Å². The highest BCUT2D eigenvalue weighted by molar-refractivity contribution is 7.10. The lowest BCUT2D eigenvalue weighted by Gasteiger charge is -2.23. The van der Waals surface area contributed by atoms with Gasteiger partial charge in [-0.15, -0.1) is 11.3 Å². The highest BCUT2D eigenvalue weighted by Gasteiger charge is 2.22. The molecule has 0 saturated carbocycles. The average molecular weight is 269 g/mol. The lowest BCUT2D eigenvalue weighted by molar-refractivity contribution is -0.137. The molecule has 0 aliphatic carbocycles. The summed E-state index contributed by atoms with van der Waals surface area (Å²) in [6.45, 7) is 4.73. The smallest absolute Gasteiger partial charge is 0.303 e. The maximum absolute atomic E-state index is 11.5. The summed E-state index contributed by atoms with van der Waals surface area (Å²) >= 11 is 1.67. The minimum Gasteiger partial charge on any atom is -0.481 e. The summed E-state index contributed by atoms with van der Waals surface area (Å²) in [7, 11) is 0. The number of hydrogen-bond donors (Lipinski definition) is 2. The number of amides is 1. The van der Waals surface area contributed by atoms with Gasteiger partial charge in [-0.3, -0.25) is 9.59 Å². The molecule has 0 atom stereocenters. The largest absolute Gasteiger partial charge is 0.481 e. The van der Waals surface area contributed by atoms with E-state index in [4.69, 9.17) is 5.11 Å². The third kappa shape index (κ3) is 4.87. The van der Waals surface area contributed by atoms with E-state index in [0.29, 0.717) is 13.0 Å². The number of carbonyl (C=O) groups excluding carboxylic acids is 1. The molecule has 100 valence electrons. The number of carbonyl (C=O) groups is 2. The Morgan fingerprint density at radius 1 is 1.39 bits per heavy atom. The van der Waals surface area contributed by atoms with Crippen LogP contribution in [0.3, 0.4) is 0 Å². The van der Waals surface area contributed by atoms with Gasteiger partial charge in [0.05, 0.1) is 0 Å². The molecule has 0 saturated heterocycles. The minimum atomic E-state index is -0.860. The van der Waals surface area contributed by atoms with Gasteiger partial charge in [-0.2, -0.15) is 0 Å². The van der Waals surface area contributed by atoms with Crippen LogP contribution in [0.1, 0.15) is 38.0 Å². The standard InChI is InChI=1S/C13H19NO3S/c1-13(2,10-5-4-8-18-10)9-14-11(15)6-3-7-12(16)17/h4-5,8H,3,6-7,9H2,1-2H3,(H,14,15)(H,16,17). The monoisotopic (exact) mass is 269 g/mol. The van der Waals surface area contributed by atoms with Crippen LogP contribution in [0.4, 0.5) is 0 Å². The lowest BCUT2D eigenvalue weighted by Crippen LogP contribution is -2.36. The highest BCUT2D eigenvalue weighted by atomic mass is 32.1. The third-order valence-corrected chi connectivity index (χ3v) is 3.95. The Bertz CT molecular complexity index is 398. The van der Waals surface area contributed by atoms with Crippen molar-refractivity contribution in [3.05, 3.63) is 22.4 Å². The Labute approximate surface area is 111 Å². The second kappa shape index (κ2) is 6.54. The molecule has 4 nitrogen and oxygen atoms in total. The van der Waals surface area contributed by atoms with Gasteiger partial charge < -0.3 is 10.4 Å². The molecule has 0 aliphatic rings. The lowest BCUT2D eigenvalue weighted by atomic mass is 9.91. The van der Waals surface area contributed by atoms with Crippen molar-refractivity contribution < 1.29 is 14.7 Å². The van der Waals surface area contributed by atoms with E-state index >= 15 is 0 Å². The van der Waals surface area contributed by atoms with E-state index < -0.39 is 5.97 Å².